The molecule has 2 nitrogen and oxygen atoms in total. The van der Waals surface area contributed by atoms with Crippen LogP contribution in [0.3, 0.4) is 0 Å². The van der Waals surface area contributed by atoms with Gasteiger partial charge in [-0.2, -0.15) is 11.8 Å². The third kappa shape index (κ3) is 4.16. The fraction of sp³-hybridized carbons (Fsp3) is 0.500. The van der Waals surface area contributed by atoms with Crippen LogP contribution in [0.2, 0.25) is 0 Å². The summed E-state index contributed by atoms with van der Waals surface area (Å²) < 4.78 is 26.1. The fourth-order valence-electron chi connectivity index (χ4n) is 1.50. The van der Waals surface area contributed by atoms with Gasteiger partial charge >= 0.3 is 0 Å². The third-order valence-corrected chi connectivity index (χ3v) is 3.27. The Labute approximate surface area is 104 Å². The molecular formula is C12H17F2NOS. The van der Waals surface area contributed by atoms with E-state index in [-0.39, 0.29) is 0 Å². The topological polar surface area (TPSA) is 32.3 Å². The van der Waals surface area contributed by atoms with Gasteiger partial charge in [0.2, 0.25) is 0 Å². The molecule has 1 aromatic carbocycles. The van der Waals surface area contributed by atoms with E-state index in [4.69, 9.17) is 5.11 Å². The average molecular weight is 261 g/mol. The molecule has 5 heteroatoms. The molecule has 0 aliphatic rings. The molecule has 1 unspecified atom stereocenters. The lowest BCUT2D eigenvalue weighted by Gasteiger charge is -2.15. The van der Waals surface area contributed by atoms with Crippen molar-refractivity contribution in [3.63, 3.8) is 0 Å². The highest BCUT2D eigenvalue weighted by Gasteiger charge is 2.10. The van der Waals surface area contributed by atoms with Crippen molar-refractivity contribution in [1.29, 1.82) is 0 Å². The quantitative estimate of drug-likeness (QED) is 0.826. The van der Waals surface area contributed by atoms with Crippen molar-refractivity contribution in [1.82, 2.24) is 5.32 Å². The number of hydrogen-bond acceptors (Lipinski definition) is 3. The van der Waals surface area contributed by atoms with Crippen molar-refractivity contribution < 1.29 is 13.9 Å². The monoisotopic (exact) mass is 261 g/mol. The van der Waals surface area contributed by atoms with Gasteiger partial charge in [0.15, 0.2) is 17.4 Å². The second-order valence-corrected chi connectivity index (χ2v) is 4.76. The van der Waals surface area contributed by atoms with Crippen LogP contribution in [-0.2, 0) is 6.54 Å². The summed E-state index contributed by atoms with van der Waals surface area (Å²) in [7, 11) is 0. The van der Waals surface area contributed by atoms with E-state index in [1.54, 1.807) is 11.8 Å². The van der Waals surface area contributed by atoms with Crippen LogP contribution in [0.4, 0.5) is 8.78 Å². The molecule has 0 heterocycles. The lowest BCUT2D eigenvalue weighted by atomic mass is 10.1. The Morgan fingerprint density at radius 2 is 1.94 bits per heavy atom. The Morgan fingerprint density at radius 3 is 2.41 bits per heavy atom. The van der Waals surface area contributed by atoms with Gasteiger partial charge in [-0.05, 0) is 30.4 Å². The van der Waals surface area contributed by atoms with Crippen LogP contribution < -0.4 is 5.32 Å². The number of rotatable bonds is 6. The van der Waals surface area contributed by atoms with Gasteiger partial charge in [0.25, 0.3) is 0 Å². The van der Waals surface area contributed by atoms with Crippen LogP contribution in [-0.4, -0.2) is 23.2 Å². The second kappa shape index (κ2) is 6.81. The molecule has 0 amide bonds. The van der Waals surface area contributed by atoms with Gasteiger partial charge in [-0.25, -0.2) is 8.78 Å². The first-order valence-corrected chi connectivity index (χ1v) is 6.87. The van der Waals surface area contributed by atoms with Gasteiger partial charge in [-0.3, -0.25) is 0 Å². The van der Waals surface area contributed by atoms with Crippen molar-refractivity contribution in [2.45, 2.75) is 25.9 Å². The van der Waals surface area contributed by atoms with Crippen molar-refractivity contribution in [3.8, 4) is 5.75 Å². The van der Waals surface area contributed by atoms with Crippen LogP contribution in [0.25, 0.3) is 0 Å². The average Bonchev–Trinajstić information content (AvgIpc) is 2.31. The van der Waals surface area contributed by atoms with Crippen LogP contribution >= 0.6 is 11.8 Å². The van der Waals surface area contributed by atoms with Crippen LogP contribution in [0.5, 0.6) is 5.75 Å². The zero-order valence-corrected chi connectivity index (χ0v) is 10.8. The SMILES string of the molecule is CCC(CSC)NCc1cc(F)c(O)c(F)c1. The Kier molecular flexibility index (Phi) is 5.71. The minimum absolute atomic E-state index is 0.324. The van der Waals surface area contributed by atoms with Crippen LogP contribution in [0.15, 0.2) is 12.1 Å². The maximum atomic E-state index is 13.1. The van der Waals surface area contributed by atoms with E-state index in [2.05, 4.69) is 12.2 Å². The molecular weight excluding hydrogens is 244 g/mol. The van der Waals surface area contributed by atoms with E-state index in [1.165, 1.54) is 0 Å². The van der Waals surface area contributed by atoms with E-state index in [0.717, 1.165) is 24.3 Å². The Balaban J connectivity index is 2.63. The van der Waals surface area contributed by atoms with E-state index in [1.807, 2.05) is 6.26 Å². The van der Waals surface area contributed by atoms with Crippen LogP contribution in [0, 0.1) is 11.6 Å². The molecule has 2 N–H and O–H groups in total. The number of benzene rings is 1. The van der Waals surface area contributed by atoms with E-state index in [9.17, 15) is 8.78 Å². The first-order valence-electron chi connectivity index (χ1n) is 5.47. The largest absolute Gasteiger partial charge is 0.503 e. The number of nitrogens with one attached hydrogen (secondary N) is 1. The van der Waals surface area contributed by atoms with Gasteiger partial charge in [-0.1, -0.05) is 6.92 Å². The molecule has 1 aromatic rings. The molecule has 0 saturated heterocycles. The Bertz CT molecular complexity index is 351. The maximum Gasteiger partial charge on any atom is 0.187 e. The Morgan fingerprint density at radius 1 is 1.35 bits per heavy atom. The number of phenolic OH excluding ortho intramolecular Hbond substituents is 1. The Hall–Kier alpha value is -0.810. The smallest absolute Gasteiger partial charge is 0.187 e. The third-order valence-electron chi connectivity index (χ3n) is 2.53. The molecule has 0 aliphatic carbocycles. The van der Waals surface area contributed by atoms with Gasteiger partial charge in [0, 0.05) is 18.3 Å². The van der Waals surface area contributed by atoms with Gasteiger partial charge < -0.3 is 10.4 Å². The molecule has 0 bridgehead atoms. The first kappa shape index (κ1) is 14.3. The molecule has 0 saturated carbocycles. The van der Waals surface area contributed by atoms with Crippen molar-refractivity contribution in [3.05, 3.63) is 29.3 Å². The molecule has 0 radical (unpaired) electrons. The summed E-state index contributed by atoms with van der Waals surface area (Å²) in [5, 5.41) is 12.2. The minimum atomic E-state index is -0.917. The van der Waals surface area contributed by atoms with Crippen LogP contribution in [0.1, 0.15) is 18.9 Å². The number of phenols is 1. The molecule has 96 valence electrons. The summed E-state index contributed by atoms with van der Waals surface area (Å²) in [5.74, 6) is -1.79. The highest BCUT2D eigenvalue weighted by Crippen LogP contribution is 2.21. The highest BCUT2D eigenvalue weighted by molar-refractivity contribution is 7.98. The summed E-state index contributed by atoms with van der Waals surface area (Å²) in [5.41, 5.74) is 0.498. The molecule has 1 rings (SSSR count). The predicted octanol–water partition coefficient (Wildman–Crippen LogP) is 2.90. The van der Waals surface area contributed by atoms with E-state index in [0.29, 0.717) is 18.2 Å². The summed E-state index contributed by atoms with van der Waals surface area (Å²) >= 11 is 1.73. The van der Waals surface area contributed by atoms with Crippen molar-refractivity contribution in [2.24, 2.45) is 0 Å². The first-order chi connectivity index (χ1) is 8.08. The normalized spacial score (nSPS) is 12.7. The standard InChI is InChI=1S/C12H17F2NOS/c1-3-9(7-17-2)15-6-8-4-10(13)12(16)11(14)5-8/h4-5,9,15-16H,3,6-7H2,1-2H3. The molecule has 1 atom stereocenters. The summed E-state index contributed by atoms with van der Waals surface area (Å²) in [4.78, 5) is 0. The second-order valence-electron chi connectivity index (χ2n) is 3.85. The highest BCUT2D eigenvalue weighted by atomic mass is 32.2. The summed E-state index contributed by atoms with van der Waals surface area (Å²) in [6.07, 6.45) is 2.98. The predicted molar refractivity (Wildman–Crippen MR) is 67.3 cm³/mol. The summed E-state index contributed by atoms with van der Waals surface area (Å²) in [6, 6.07) is 2.62. The molecule has 0 aromatic heterocycles. The number of aromatic hydroxyl groups is 1. The maximum absolute atomic E-state index is 13.1. The van der Waals surface area contributed by atoms with Crippen molar-refractivity contribution in [2.75, 3.05) is 12.0 Å². The zero-order valence-electron chi connectivity index (χ0n) is 9.96. The molecule has 0 fully saturated rings. The summed E-state index contributed by atoms with van der Waals surface area (Å²) in [6.45, 7) is 2.46. The van der Waals surface area contributed by atoms with E-state index >= 15 is 0 Å². The lowest BCUT2D eigenvalue weighted by molar-refractivity contribution is 0.394. The number of halogens is 2. The van der Waals surface area contributed by atoms with E-state index < -0.39 is 17.4 Å². The van der Waals surface area contributed by atoms with Gasteiger partial charge in [0.1, 0.15) is 0 Å². The molecule has 0 spiro atoms. The van der Waals surface area contributed by atoms with Crippen molar-refractivity contribution >= 4 is 11.8 Å². The molecule has 0 aliphatic heterocycles. The zero-order chi connectivity index (χ0) is 12.8. The number of hydrogen-bond donors (Lipinski definition) is 2. The molecule has 17 heavy (non-hydrogen) atoms. The number of thioether (sulfide) groups is 1. The van der Waals surface area contributed by atoms with Gasteiger partial charge in [0.05, 0.1) is 0 Å². The fourth-order valence-corrected chi connectivity index (χ4v) is 2.26. The minimum Gasteiger partial charge on any atom is -0.503 e. The lowest BCUT2D eigenvalue weighted by Crippen LogP contribution is -2.30. The van der Waals surface area contributed by atoms with Gasteiger partial charge in [-0.15, -0.1) is 0 Å².